The zero-order valence-corrected chi connectivity index (χ0v) is 15.5. The molecule has 0 aliphatic rings. The van der Waals surface area contributed by atoms with E-state index in [1.54, 1.807) is 36.4 Å². The Kier molecular flexibility index (Phi) is 7.29. The molecular weight excluding hydrogens is 425 g/mol. The van der Waals surface area contributed by atoms with Crippen molar-refractivity contribution < 1.29 is 23.7 Å². The Bertz CT molecular complexity index is 658. The van der Waals surface area contributed by atoms with Crippen molar-refractivity contribution in [1.29, 1.82) is 0 Å². The van der Waals surface area contributed by atoms with Crippen molar-refractivity contribution >= 4 is 34.4 Å². The number of halogens is 1. The van der Waals surface area contributed by atoms with Crippen LogP contribution < -0.4 is 14.8 Å². The number of nitrogens with one attached hydrogen (secondary N) is 1. The number of methoxy groups -OCH3 is 2. The largest absolute Gasteiger partial charge is 0.488 e. The summed E-state index contributed by atoms with van der Waals surface area (Å²) in [5, 5.41) is 2.66. The van der Waals surface area contributed by atoms with E-state index in [2.05, 4.69) is 27.9 Å². The van der Waals surface area contributed by atoms with E-state index in [-0.39, 0.29) is 6.61 Å². The molecule has 0 fully saturated rings. The maximum Gasteiger partial charge on any atom is 0.417 e. The van der Waals surface area contributed by atoms with Gasteiger partial charge in [-0.15, -0.1) is 0 Å². The smallest absolute Gasteiger partial charge is 0.417 e. The molecule has 24 heavy (non-hydrogen) atoms. The summed E-state index contributed by atoms with van der Waals surface area (Å²) in [5.41, 5.74) is 0.663. The molecule has 2 rings (SSSR count). The molecule has 6 nitrogen and oxygen atoms in total. The summed E-state index contributed by atoms with van der Waals surface area (Å²) in [5.74, 6) is 0.926. The minimum atomic E-state index is -0.569. The fourth-order valence-corrected chi connectivity index (χ4v) is 2.17. The van der Waals surface area contributed by atoms with E-state index in [0.717, 1.165) is 3.57 Å². The van der Waals surface area contributed by atoms with E-state index in [1.807, 2.05) is 12.1 Å². The van der Waals surface area contributed by atoms with Gasteiger partial charge in [0.2, 0.25) is 0 Å². The number of hydrogen-bond acceptors (Lipinski definition) is 5. The van der Waals surface area contributed by atoms with Crippen molar-refractivity contribution in [3.63, 3.8) is 0 Å². The predicted molar refractivity (Wildman–Crippen MR) is 98.5 cm³/mol. The molecule has 0 aliphatic heterocycles. The third-order valence-electron chi connectivity index (χ3n) is 3.02. The van der Waals surface area contributed by atoms with Crippen molar-refractivity contribution in [1.82, 2.24) is 0 Å². The minimum Gasteiger partial charge on any atom is -0.488 e. The van der Waals surface area contributed by atoms with Gasteiger partial charge in [0.05, 0.1) is 0 Å². The zero-order valence-electron chi connectivity index (χ0n) is 13.3. The normalized spacial score (nSPS) is 10.5. The van der Waals surface area contributed by atoms with E-state index < -0.39 is 12.4 Å². The molecule has 0 aliphatic carbocycles. The van der Waals surface area contributed by atoms with Gasteiger partial charge in [0, 0.05) is 29.5 Å². The molecule has 0 aromatic heterocycles. The summed E-state index contributed by atoms with van der Waals surface area (Å²) in [7, 11) is 3.07. The number of hydrogen-bond donors (Lipinski definition) is 1. The first-order valence-electron chi connectivity index (χ1n) is 7.13. The third kappa shape index (κ3) is 5.99. The van der Waals surface area contributed by atoms with Crippen LogP contribution in [0.25, 0.3) is 0 Å². The van der Waals surface area contributed by atoms with Gasteiger partial charge >= 0.3 is 6.09 Å². The van der Waals surface area contributed by atoms with Gasteiger partial charge in [-0.3, -0.25) is 5.32 Å². The van der Waals surface area contributed by atoms with Crippen LogP contribution in [0.4, 0.5) is 10.5 Å². The molecule has 1 amide bonds. The second-order valence-electron chi connectivity index (χ2n) is 4.71. The first-order chi connectivity index (χ1) is 11.6. The zero-order chi connectivity index (χ0) is 17.4. The Labute approximate surface area is 154 Å². The molecule has 0 saturated carbocycles. The maximum atomic E-state index is 11.9. The van der Waals surface area contributed by atoms with Gasteiger partial charge in [-0.2, -0.15) is 0 Å². The molecule has 0 unspecified atom stereocenters. The quantitative estimate of drug-likeness (QED) is 0.520. The average molecular weight is 443 g/mol. The average Bonchev–Trinajstić information content (AvgIpc) is 2.58. The van der Waals surface area contributed by atoms with Crippen LogP contribution >= 0.6 is 22.6 Å². The fourth-order valence-electron chi connectivity index (χ4n) is 1.81. The van der Waals surface area contributed by atoms with Crippen LogP contribution in [0.2, 0.25) is 0 Å². The van der Waals surface area contributed by atoms with Crippen LogP contribution in [-0.4, -0.2) is 33.2 Å². The highest BCUT2D eigenvalue weighted by atomic mass is 127. The lowest BCUT2D eigenvalue weighted by Crippen LogP contribution is -2.22. The van der Waals surface area contributed by atoms with Crippen molar-refractivity contribution in [2.24, 2.45) is 0 Å². The van der Waals surface area contributed by atoms with Crippen LogP contribution in [0.3, 0.4) is 0 Å². The Balaban J connectivity index is 1.91. The number of rotatable bonds is 7. The van der Waals surface area contributed by atoms with Gasteiger partial charge in [0.15, 0.2) is 6.29 Å². The molecular formula is C17H18INO5. The summed E-state index contributed by atoms with van der Waals surface area (Å²) in [6, 6.07) is 14.2. The lowest BCUT2D eigenvalue weighted by Gasteiger charge is -2.14. The van der Waals surface area contributed by atoms with Crippen LogP contribution in [0.15, 0.2) is 48.5 Å². The number of anilines is 1. The molecule has 7 heteroatoms. The van der Waals surface area contributed by atoms with Crippen LogP contribution in [0, 0.1) is 3.57 Å². The molecule has 2 aromatic rings. The Morgan fingerprint density at radius 1 is 1.08 bits per heavy atom. The van der Waals surface area contributed by atoms with Crippen molar-refractivity contribution in [2.45, 2.75) is 6.29 Å². The van der Waals surface area contributed by atoms with E-state index in [9.17, 15) is 4.79 Å². The van der Waals surface area contributed by atoms with Crippen LogP contribution in [0.5, 0.6) is 11.5 Å². The lowest BCUT2D eigenvalue weighted by molar-refractivity contribution is -0.121. The Morgan fingerprint density at radius 3 is 2.42 bits per heavy atom. The van der Waals surface area contributed by atoms with Gasteiger partial charge in [-0.25, -0.2) is 4.79 Å². The first-order valence-corrected chi connectivity index (χ1v) is 8.21. The molecule has 0 bridgehead atoms. The van der Waals surface area contributed by atoms with E-state index in [1.165, 1.54) is 14.2 Å². The van der Waals surface area contributed by atoms with Crippen LogP contribution in [-0.2, 0) is 9.47 Å². The van der Waals surface area contributed by atoms with E-state index in [0.29, 0.717) is 17.2 Å². The standard InChI is InChI=1S/C17H18INO5/c1-21-16(22-2)11-23-14-4-3-5-15(10-14)24-17(20)19-13-8-6-12(18)7-9-13/h3-10,16H,11H2,1-2H3,(H,19,20). The highest BCUT2D eigenvalue weighted by Crippen LogP contribution is 2.20. The summed E-state index contributed by atoms with van der Waals surface area (Å²) in [6.07, 6.45) is -1.03. The highest BCUT2D eigenvalue weighted by molar-refractivity contribution is 14.1. The minimum absolute atomic E-state index is 0.227. The predicted octanol–water partition coefficient (Wildman–Crippen LogP) is 3.90. The molecule has 0 saturated heterocycles. The summed E-state index contributed by atoms with van der Waals surface area (Å²) >= 11 is 2.19. The molecule has 2 aromatic carbocycles. The van der Waals surface area contributed by atoms with Crippen LogP contribution in [0.1, 0.15) is 0 Å². The Hall–Kier alpha value is -1.84. The van der Waals surface area contributed by atoms with Crippen molar-refractivity contribution in [3.05, 3.63) is 52.1 Å². The summed E-state index contributed by atoms with van der Waals surface area (Å²) < 4.78 is 22.0. The van der Waals surface area contributed by atoms with E-state index in [4.69, 9.17) is 18.9 Å². The number of ether oxygens (including phenoxy) is 4. The molecule has 128 valence electrons. The van der Waals surface area contributed by atoms with Gasteiger partial charge in [-0.05, 0) is 59.0 Å². The summed E-state index contributed by atoms with van der Waals surface area (Å²) in [4.78, 5) is 11.9. The molecule has 0 atom stereocenters. The molecule has 0 radical (unpaired) electrons. The number of carbonyl (C=O) groups excluding carboxylic acids is 1. The van der Waals surface area contributed by atoms with Gasteiger partial charge in [0.25, 0.3) is 0 Å². The molecule has 0 heterocycles. The van der Waals surface area contributed by atoms with Crippen molar-refractivity contribution in [3.8, 4) is 11.5 Å². The van der Waals surface area contributed by atoms with E-state index >= 15 is 0 Å². The molecule has 0 spiro atoms. The third-order valence-corrected chi connectivity index (χ3v) is 3.74. The van der Waals surface area contributed by atoms with Gasteiger partial charge in [0.1, 0.15) is 18.1 Å². The lowest BCUT2D eigenvalue weighted by atomic mass is 10.3. The monoisotopic (exact) mass is 443 g/mol. The topological polar surface area (TPSA) is 66.0 Å². The van der Waals surface area contributed by atoms with Crippen molar-refractivity contribution in [2.75, 3.05) is 26.1 Å². The SMILES string of the molecule is COC(COc1cccc(OC(=O)Nc2ccc(I)cc2)c1)OC. The maximum absolute atomic E-state index is 11.9. The first kappa shape index (κ1) is 18.5. The second-order valence-corrected chi connectivity index (χ2v) is 5.95. The number of carbonyl (C=O) groups is 1. The Morgan fingerprint density at radius 2 is 1.75 bits per heavy atom. The molecule has 1 N–H and O–H groups in total. The number of benzene rings is 2. The summed E-state index contributed by atoms with van der Waals surface area (Å²) in [6.45, 7) is 0.227. The second kappa shape index (κ2) is 9.45. The van der Waals surface area contributed by atoms with Gasteiger partial charge < -0.3 is 18.9 Å². The number of amides is 1. The highest BCUT2D eigenvalue weighted by Gasteiger charge is 2.09. The van der Waals surface area contributed by atoms with Gasteiger partial charge in [-0.1, -0.05) is 6.07 Å². The fraction of sp³-hybridized carbons (Fsp3) is 0.235.